The van der Waals surface area contributed by atoms with Gasteiger partial charge in [-0.1, -0.05) is 0 Å². The monoisotopic (exact) mass is 478 g/mol. The molecule has 2 heteroatoms. The number of hydrogen-bond acceptors (Lipinski definition) is 0. The van der Waals surface area contributed by atoms with Crippen molar-refractivity contribution in [1.29, 1.82) is 0 Å². The van der Waals surface area contributed by atoms with Crippen LogP contribution in [0.5, 0.6) is 0 Å². The molecule has 0 aromatic carbocycles. The van der Waals surface area contributed by atoms with Gasteiger partial charge in [-0.05, 0) is 0 Å². The van der Waals surface area contributed by atoms with E-state index < -0.39 is 28.7 Å². The fraction of sp³-hybridized carbons (Fsp3) is 0.667. The Kier molecular flexibility index (Phi) is 7.59. The molecule has 146 valence electrons. The van der Waals surface area contributed by atoms with Crippen LogP contribution in [0.1, 0.15) is 69.2 Å². The molecule has 0 nitrogen and oxygen atoms in total. The van der Waals surface area contributed by atoms with Crippen LogP contribution in [0.25, 0.3) is 0 Å². The van der Waals surface area contributed by atoms with Crippen molar-refractivity contribution in [3.05, 3.63) is 44.6 Å². The van der Waals surface area contributed by atoms with Crippen LogP contribution in [0.4, 0.5) is 0 Å². The standard InChI is InChI=1S/2C12H21Ge/c2*1-8-9(2)11(4)12(5,10(8)3)13(6)7/h2*1-7H3. The Hall–Kier alpha value is 0.0457. The average Bonchev–Trinajstić information content (AvgIpc) is 2.83. The summed E-state index contributed by atoms with van der Waals surface area (Å²) in [5.41, 5.74) is 12.8. The molecule has 26 heavy (non-hydrogen) atoms. The number of rotatable bonds is 2. The maximum atomic E-state index is 2.48. The Balaban J connectivity index is 0.000000260. The van der Waals surface area contributed by atoms with E-state index in [2.05, 4.69) is 92.3 Å². The normalized spacial score (nSPS) is 22.2. The van der Waals surface area contributed by atoms with Crippen molar-refractivity contribution < 1.29 is 0 Å². The van der Waals surface area contributed by atoms with Gasteiger partial charge in [0.15, 0.2) is 0 Å². The summed E-state index contributed by atoms with van der Waals surface area (Å²) in [6, 6.07) is 0. The Morgan fingerprint density at radius 2 is 0.577 bits per heavy atom. The Bertz CT molecular complexity index is 598. The molecule has 0 aromatic heterocycles. The molecular weight excluding hydrogens is 433 g/mol. The third kappa shape index (κ3) is 3.54. The quantitative estimate of drug-likeness (QED) is 0.352. The van der Waals surface area contributed by atoms with Crippen LogP contribution in [0.3, 0.4) is 0 Å². The van der Waals surface area contributed by atoms with E-state index in [0.717, 1.165) is 0 Å². The molecule has 0 spiro atoms. The van der Waals surface area contributed by atoms with E-state index >= 15 is 0 Å². The average molecular weight is 476 g/mol. The van der Waals surface area contributed by atoms with Gasteiger partial charge in [0, 0.05) is 0 Å². The Morgan fingerprint density at radius 1 is 0.423 bits per heavy atom. The van der Waals surface area contributed by atoms with E-state index in [4.69, 9.17) is 0 Å². The first-order valence-electron chi connectivity index (χ1n) is 10.0. The van der Waals surface area contributed by atoms with Gasteiger partial charge in [-0.15, -0.1) is 0 Å². The van der Waals surface area contributed by atoms with E-state index in [9.17, 15) is 0 Å². The predicted octanol–water partition coefficient (Wildman–Crippen LogP) is 8.38. The van der Waals surface area contributed by atoms with Crippen LogP contribution in [0.15, 0.2) is 44.6 Å². The molecule has 0 saturated heterocycles. The zero-order chi connectivity index (χ0) is 20.8. The van der Waals surface area contributed by atoms with Crippen LogP contribution >= 0.6 is 0 Å². The van der Waals surface area contributed by atoms with E-state index in [1.54, 1.807) is 44.6 Å². The first-order valence-corrected chi connectivity index (χ1v) is 20.5. The molecule has 0 bridgehead atoms. The second-order valence-corrected chi connectivity index (χ2v) is 21.8. The van der Waals surface area contributed by atoms with Crippen molar-refractivity contribution in [2.24, 2.45) is 0 Å². The second kappa shape index (κ2) is 8.19. The Labute approximate surface area is 173 Å². The van der Waals surface area contributed by atoms with Gasteiger partial charge in [-0.2, -0.15) is 0 Å². The van der Waals surface area contributed by atoms with E-state index in [0.29, 0.717) is 8.49 Å². The van der Waals surface area contributed by atoms with Crippen LogP contribution < -0.4 is 0 Å². The predicted molar refractivity (Wildman–Crippen MR) is 125 cm³/mol. The molecule has 0 N–H and O–H groups in total. The van der Waals surface area contributed by atoms with Gasteiger partial charge < -0.3 is 0 Å². The van der Waals surface area contributed by atoms with Gasteiger partial charge in [0.25, 0.3) is 0 Å². The van der Waals surface area contributed by atoms with Crippen LogP contribution in [-0.2, 0) is 0 Å². The molecule has 2 radical (unpaired) electrons. The third-order valence-electron chi connectivity index (χ3n) is 8.38. The fourth-order valence-electron chi connectivity index (χ4n) is 4.69. The third-order valence-corrected chi connectivity index (χ3v) is 19.9. The minimum absolute atomic E-state index is 0.480. The van der Waals surface area contributed by atoms with Crippen molar-refractivity contribution >= 4 is 28.7 Å². The van der Waals surface area contributed by atoms with Crippen molar-refractivity contribution in [2.75, 3.05) is 0 Å². The fourth-order valence-corrected chi connectivity index (χ4v) is 12.6. The zero-order valence-corrected chi connectivity index (χ0v) is 24.2. The van der Waals surface area contributed by atoms with Crippen molar-refractivity contribution in [1.82, 2.24) is 0 Å². The van der Waals surface area contributed by atoms with Gasteiger partial charge >= 0.3 is 174 Å². The topological polar surface area (TPSA) is 0 Å². The molecule has 2 aliphatic rings. The van der Waals surface area contributed by atoms with Gasteiger partial charge in [0.05, 0.1) is 0 Å². The second-order valence-electron chi connectivity index (χ2n) is 9.25. The molecule has 0 aromatic rings. The van der Waals surface area contributed by atoms with E-state index in [-0.39, 0.29) is 0 Å². The first kappa shape index (κ1) is 24.1. The summed E-state index contributed by atoms with van der Waals surface area (Å²) in [6.45, 7) is 23.3. The number of hydrogen-bond donors (Lipinski definition) is 0. The molecule has 0 unspecified atom stereocenters. The van der Waals surface area contributed by atoms with Gasteiger partial charge in [-0.3, -0.25) is 0 Å². The molecule has 0 atom stereocenters. The first-order chi connectivity index (χ1) is 11.7. The molecule has 0 aliphatic heterocycles. The molecule has 0 heterocycles. The SMILES string of the molecule is CC1=C(C)[C](C)([Ge]([CH3])[CH3])C(C)=C1C.CC1=C(C)[C](C)([Ge]([CH3])[CH3])C(C)=C1C. The molecule has 0 saturated carbocycles. The zero-order valence-electron chi connectivity index (χ0n) is 20.0. The molecular formula is C24H42Ge2. The van der Waals surface area contributed by atoms with Gasteiger partial charge in [0.1, 0.15) is 0 Å². The van der Waals surface area contributed by atoms with Gasteiger partial charge in [0.2, 0.25) is 0 Å². The van der Waals surface area contributed by atoms with E-state index in [1.807, 2.05) is 0 Å². The van der Waals surface area contributed by atoms with Crippen LogP contribution in [0, 0.1) is 0 Å². The number of allylic oxidation sites excluding steroid dienone is 8. The van der Waals surface area contributed by atoms with Crippen molar-refractivity contribution in [2.45, 2.75) is 101 Å². The molecule has 2 rings (SSSR count). The summed E-state index contributed by atoms with van der Waals surface area (Å²) in [5, 5.41) is 0. The summed E-state index contributed by atoms with van der Waals surface area (Å²) in [6.07, 6.45) is 0. The Morgan fingerprint density at radius 3 is 0.654 bits per heavy atom. The van der Waals surface area contributed by atoms with Crippen molar-refractivity contribution in [3.63, 3.8) is 0 Å². The summed E-state index contributed by atoms with van der Waals surface area (Å²) in [7, 11) is 0. The minimum atomic E-state index is -0.915. The molecule has 0 amide bonds. The van der Waals surface area contributed by atoms with E-state index in [1.165, 1.54) is 0 Å². The summed E-state index contributed by atoms with van der Waals surface area (Å²) >= 11 is -1.83. The summed E-state index contributed by atoms with van der Waals surface area (Å²) in [4.78, 5) is 0. The van der Waals surface area contributed by atoms with Crippen LogP contribution in [-0.4, -0.2) is 28.7 Å². The van der Waals surface area contributed by atoms with Crippen LogP contribution in [0.2, 0.25) is 31.5 Å². The van der Waals surface area contributed by atoms with Gasteiger partial charge in [-0.25, -0.2) is 0 Å². The molecule has 2 aliphatic carbocycles. The summed E-state index contributed by atoms with van der Waals surface area (Å²) < 4.78 is 0.961. The maximum absolute atomic E-state index is 2.48. The summed E-state index contributed by atoms with van der Waals surface area (Å²) in [5.74, 6) is 9.94. The molecule has 0 fully saturated rings. The van der Waals surface area contributed by atoms with Crippen molar-refractivity contribution in [3.8, 4) is 0 Å².